The number of rotatable bonds is 2. The molecule has 8 heteroatoms. The molecule has 1 aliphatic heterocycles. The van der Waals surface area contributed by atoms with E-state index in [0.717, 1.165) is 32.1 Å². The second kappa shape index (κ2) is 4.47. The molecular weight excluding hydrogens is 234 g/mol. The van der Waals surface area contributed by atoms with Crippen molar-refractivity contribution in [3.05, 3.63) is 18.5 Å². The normalized spacial score (nSPS) is 16.0. The molecule has 0 spiro atoms. The summed E-state index contributed by atoms with van der Waals surface area (Å²) in [7, 11) is 0. The minimum atomic E-state index is 0.0961. The lowest BCUT2D eigenvalue weighted by molar-refractivity contribution is 0.525. The summed E-state index contributed by atoms with van der Waals surface area (Å²) >= 11 is 0. The fraction of sp³-hybridized carbons (Fsp3) is 0.400. The number of anilines is 3. The molecule has 0 aromatic carbocycles. The molecule has 2 aromatic heterocycles. The van der Waals surface area contributed by atoms with Crippen LogP contribution in [0.1, 0.15) is 0 Å². The smallest absolute Gasteiger partial charge is 0.319 e. The van der Waals surface area contributed by atoms with Crippen LogP contribution in [-0.4, -0.2) is 46.3 Å². The first-order valence-corrected chi connectivity index (χ1v) is 5.69. The van der Waals surface area contributed by atoms with Gasteiger partial charge in [-0.25, -0.2) is 9.97 Å². The van der Waals surface area contributed by atoms with Crippen molar-refractivity contribution < 1.29 is 4.42 Å². The molecule has 8 nitrogen and oxygen atoms in total. The summed E-state index contributed by atoms with van der Waals surface area (Å²) in [5, 5.41) is 7.52. The summed E-state index contributed by atoms with van der Waals surface area (Å²) in [5.41, 5.74) is 5.41. The first-order valence-electron chi connectivity index (χ1n) is 5.69. The Morgan fingerprint density at radius 3 is 2.28 bits per heavy atom. The largest absolute Gasteiger partial charge is 0.390 e. The number of hydrogen-bond acceptors (Lipinski definition) is 8. The Morgan fingerprint density at radius 1 is 1.00 bits per heavy atom. The van der Waals surface area contributed by atoms with Crippen LogP contribution in [0.25, 0.3) is 0 Å². The molecule has 0 bridgehead atoms. The van der Waals surface area contributed by atoms with Gasteiger partial charge >= 0.3 is 12.0 Å². The number of aromatic nitrogens is 4. The molecule has 1 aliphatic rings. The van der Waals surface area contributed by atoms with Crippen molar-refractivity contribution in [3.8, 4) is 0 Å². The third kappa shape index (κ3) is 2.04. The van der Waals surface area contributed by atoms with Crippen molar-refractivity contribution in [2.45, 2.75) is 0 Å². The van der Waals surface area contributed by atoms with Crippen molar-refractivity contribution in [1.29, 1.82) is 0 Å². The second-order valence-corrected chi connectivity index (χ2v) is 3.95. The predicted octanol–water partition coefficient (Wildman–Crippen LogP) is -0.232. The van der Waals surface area contributed by atoms with Crippen molar-refractivity contribution in [2.24, 2.45) is 0 Å². The van der Waals surface area contributed by atoms with E-state index in [9.17, 15) is 0 Å². The molecule has 2 N–H and O–H groups in total. The molecule has 3 rings (SSSR count). The first-order chi connectivity index (χ1) is 8.83. The van der Waals surface area contributed by atoms with Gasteiger partial charge in [-0.3, -0.25) is 0 Å². The highest BCUT2D eigenvalue weighted by Gasteiger charge is 2.22. The Morgan fingerprint density at radius 2 is 1.67 bits per heavy atom. The zero-order chi connectivity index (χ0) is 12.4. The summed E-state index contributed by atoms with van der Waals surface area (Å²) in [6.07, 6.45) is 3.49. The van der Waals surface area contributed by atoms with Gasteiger partial charge in [-0.1, -0.05) is 10.2 Å². The maximum atomic E-state index is 5.41. The van der Waals surface area contributed by atoms with E-state index in [0.29, 0.717) is 6.01 Å². The van der Waals surface area contributed by atoms with E-state index in [2.05, 4.69) is 25.1 Å². The van der Waals surface area contributed by atoms with Crippen molar-refractivity contribution in [2.75, 3.05) is 41.7 Å². The number of piperazine rings is 1. The highest BCUT2D eigenvalue weighted by Crippen LogP contribution is 2.17. The van der Waals surface area contributed by atoms with Crippen LogP contribution in [0.3, 0.4) is 0 Å². The van der Waals surface area contributed by atoms with Crippen molar-refractivity contribution in [1.82, 2.24) is 20.2 Å². The summed E-state index contributed by atoms with van der Waals surface area (Å²) in [6, 6.07) is 2.38. The van der Waals surface area contributed by atoms with Gasteiger partial charge < -0.3 is 20.0 Å². The molecule has 0 amide bonds. The molecule has 1 saturated heterocycles. The van der Waals surface area contributed by atoms with E-state index in [-0.39, 0.29) is 6.01 Å². The number of nitrogens with zero attached hydrogens (tertiary/aromatic N) is 6. The third-order valence-corrected chi connectivity index (χ3v) is 2.82. The zero-order valence-corrected chi connectivity index (χ0v) is 9.73. The monoisotopic (exact) mass is 247 g/mol. The Labute approximate surface area is 103 Å². The predicted molar refractivity (Wildman–Crippen MR) is 65.2 cm³/mol. The molecular formula is C10H13N7O. The van der Waals surface area contributed by atoms with E-state index in [1.807, 2.05) is 4.90 Å². The van der Waals surface area contributed by atoms with Gasteiger partial charge in [0.15, 0.2) is 0 Å². The van der Waals surface area contributed by atoms with Crippen LogP contribution in [0, 0.1) is 0 Å². The lowest BCUT2D eigenvalue weighted by Gasteiger charge is -2.33. The fourth-order valence-electron chi connectivity index (χ4n) is 1.91. The number of hydrogen-bond donors (Lipinski definition) is 1. The van der Waals surface area contributed by atoms with Crippen LogP contribution in [0.5, 0.6) is 0 Å². The van der Waals surface area contributed by atoms with Crippen LogP contribution in [0.2, 0.25) is 0 Å². The zero-order valence-electron chi connectivity index (χ0n) is 9.73. The topological polar surface area (TPSA) is 97.2 Å². The average Bonchev–Trinajstić information content (AvgIpc) is 2.87. The second-order valence-electron chi connectivity index (χ2n) is 3.95. The molecule has 0 atom stereocenters. The summed E-state index contributed by atoms with van der Waals surface area (Å²) in [6.45, 7) is 3.18. The van der Waals surface area contributed by atoms with Gasteiger partial charge in [0, 0.05) is 38.6 Å². The first kappa shape index (κ1) is 10.8. The molecule has 0 saturated carbocycles. The van der Waals surface area contributed by atoms with Gasteiger partial charge in [-0.2, -0.15) is 0 Å². The standard InChI is InChI=1S/C10H13N7O/c11-8-14-15-10(18-8)17-6-4-16(5-7-17)9-12-2-1-3-13-9/h1-3H,4-7H2,(H2,11,14). The van der Waals surface area contributed by atoms with E-state index in [1.54, 1.807) is 18.5 Å². The highest BCUT2D eigenvalue weighted by atomic mass is 16.4. The lowest BCUT2D eigenvalue weighted by atomic mass is 10.3. The SMILES string of the molecule is Nc1nnc(N2CCN(c3ncccn3)CC2)o1. The fourth-order valence-corrected chi connectivity index (χ4v) is 1.91. The van der Waals surface area contributed by atoms with E-state index < -0.39 is 0 Å². The Hall–Kier alpha value is -2.38. The lowest BCUT2D eigenvalue weighted by Crippen LogP contribution is -2.47. The highest BCUT2D eigenvalue weighted by molar-refractivity contribution is 5.36. The maximum Gasteiger partial charge on any atom is 0.319 e. The molecule has 1 fully saturated rings. The Balaban J connectivity index is 1.65. The molecule has 18 heavy (non-hydrogen) atoms. The van der Waals surface area contributed by atoms with Gasteiger partial charge in [0.2, 0.25) is 5.95 Å². The van der Waals surface area contributed by atoms with Gasteiger partial charge in [0.05, 0.1) is 0 Å². The quantitative estimate of drug-likeness (QED) is 0.777. The summed E-state index contributed by atoms with van der Waals surface area (Å²) in [4.78, 5) is 12.6. The Kier molecular flexibility index (Phi) is 2.67. The minimum absolute atomic E-state index is 0.0961. The summed E-state index contributed by atoms with van der Waals surface area (Å²) < 4.78 is 5.20. The van der Waals surface area contributed by atoms with Gasteiger partial charge in [-0.05, 0) is 6.07 Å². The van der Waals surface area contributed by atoms with Crippen LogP contribution < -0.4 is 15.5 Å². The minimum Gasteiger partial charge on any atom is -0.390 e. The van der Waals surface area contributed by atoms with Gasteiger partial charge in [0.1, 0.15) is 0 Å². The number of nitrogens with two attached hydrogens (primary N) is 1. The molecule has 0 aliphatic carbocycles. The Bertz CT molecular complexity index is 506. The molecule has 94 valence electrons. The average molecular weight is 247 g/mol. The van der Waals surface area contributed by atoms with Crippen LogP contribution >= 0.6 is 0 Å². The van der Waals surface area contributed by atoms with E-state index in [4.69, 9.17) is 10.2 Å². The maximum absolute atomic E-state index is 5.41. The molecule has 2 aromatic rings. The van der Waals surface area contributed by atoms with E-state index in [1.165, 1.54) is 0 Å². The van der Waals surface area contributed by atoms with E-state index >= 15 is 0 Å². The van der Waals surface area contributed by atoms with Crippen LogP contribution in [-0.2, 0) is 0 Å². The number of nitrogen functional groups attached to an aromatic ring is 1. The molecule has 3 heterocycles. The van der Waals surface area contributed by atoms with Gasteiger partial charge in [-0.15, -0.1) is 0 Å². The van der Waals surface area contributed by atoms with Gasteiger partial charge in [0.25, 0.3) is 0 Å². The van der Waals surface area contributed by atoms with Crippen molar-refractivity contribution in [3.63, 3.8) is 0 Å². The van der Waals surface area contributed by atoms with Crippen molar-refractivity contribution >= 4 is 18.0 Å². The van der Waals surface area contributed by atoms with Crippen LogP contribution in [0.15, 0.2) is 22.9 Å². The molecule has 0 radical (unpaired) electrons. The third-order valence-electron chi connectivity index (χ3n) is 2.82. The van der Waals surface area contributed by atoms with Crippen LogP contribution in [0.4, 0.5) is 18.0 Å². The summed E-state index contributed by atoms with van der Waals surface area (Å²) in [5.74, 6) is 0.752. The molecule has 0 unspecified atom stereocenters.